The number of carboxylic acid groups (broad SMARTS) is 1. The molecule has 1 aromatic carbocycles. The third-order valence-electron chi connectivity index (χ3n) is 2.03. The van der Waals surface area contributed by atoms with E-state index in [-0.39, 0.29) is 5.69 Å². The number of halogens is 4. The molecule has 0 aliphatic heterocycles. The number of aliphatic hydroxyl groups is 1. The lowest BCUT2D eigenvalue weighted by molar-refractivity contribution is -0.147. The molecule has 94 valence electrons. The van der Waals surface area contributed by atoms with Crippen LogP contribution in [0.3, 0.4) is 0 Å². The van der Waals surface area contributed by atoms with Crippen LogP contribution in [0.25, 0.3) is 0 Å². The highest BCUT2D eigenvalue weighted by molar-refractivity contribution is 6.33. The van der Waals surface area contributed by atoms with Crippen molar-refractivity contribution in [1.82, 2.24) is 0 Å². The highest BCUT2D eigenvalue weighted by atomic mass is 35.5. The maximum atomic E-state index is 12.5. The Labute approximate surface area is 98.4 Å². The maximum Gasteiger partial charge on any atom is 0.417 e. The Kier molecular flexibility index (Phi) is 3.53. The first kappa shape index (κ1) is 13.6. The summed E-state index contributed by atoms with van der Waals surface area (Å²) in [6, 6.07) is 1.46. The Morgan fingerprint density at radius 1 is 1.41 bits per heavy atom. The number of alkyl halides is 3. The topological polar surface area (TPSA) is 83.5 Å². The van der Waals surface area contributed by atoms with Crippen molar-refractivity contribution in [3.8, 4) is 0 Å². The molecule has 0 spiro atoms. The number of benzene rings is 1. The average molecular weight is 270 g/mol. The Morgan fingerprint density at radius 2 is 1.94 bits per heavy atom. The predicted molar refractivity (Wildman–Crippen MR) is 53.5 cm³/mol. The van der Waals surface area contributed by atoms with Crippen molar-refractivity contribution in [2.45, 2.75) is 12.3 Å². The van der Waals surface area contributed by atoms with Crippen molar-refractivity contribution in [2.24, 2.45) is 0 Å². The molecule has 0 aromatic heterocycles. The van der Waals surface area contributed by atoms with Gasteiger partial charge in [-0.3, -0.25) is 0 Å². The fraction of sp³-hybridized carbons (Fsp3) is 0.222. The van der Waals surface area contributed by atoms with E-state index >= 15 is 0 Å². The van der Waals surface area contributed by atoms with Crippen LogP contribution < -0.4 is 5.73 Å². The van der Waals surface area contributed by atoms with Crippen molar-refractivity contribution in [3.63, 3.8) is 0 Å². The van der Waals surface area contributed by atoms with Gasteiger partial charge in [0.2, 0.25) is 0 Å². The molecule has 8 heteroatoms. The molecule has 0 bridgehead atoms. The van der Waals surface area contributed by atoms with E-state index in [4.69, 9.17) is 22.4 Å². The zero-order valence-corrected chi connectivity index (χ0v) is 8.88. The molecule has 0 fully saturated rings. The summed E-state index contributed by atoms with van der Waals surface area (Å²) in [6.45, 7) is 0. The van der Waals surface area contributed by atoms with Gasteiger partial charge in [-0.2, -0.15) is 13.2 Å². The number of hydrogen-bond acceptors (Lipinski definition) is 3. The van der Waals surface area contributed by atoms with Crippen molar-refractivity contribution >= 4 is 23.3 Å². The number of aliphatic carboxylic acids is 1. The summed E-state index contributed by atoms with van der Waals surface area (Å²) in [7, 11) is 0. The summed E-state index contributed by atoms with van der Waals surface area (Å²) in [4.78, 5) is 10.5. The summed E-state index contributed by atoms with van der Waals surface area (Å²) in [6.07, 6.45) is -6.96. The van der Waals surface area contributed by atoms with E-state index in [9.17, 15) is 23.1 Å². The Balaban J connectivity index is 3.45. The van der Waals surface area contributed by atoms with Crippen LogP contribution in [0, 0.1) is 0 Å². The second-order valence-electron chi connectivity index (χ2n) is 3.17. The fourth-order valence-corrected chi connectivity index (χ4v) is 1.61. The molecule has 0 aliphatic carbocycles. The van der Waals surface area contributed by atoms with Gasteiger partial charge >= 0.3 is 12.1 Å². The smallest absolute Gasteiger partial charge is 0.417 e. The standard InChI is InChI=1S/C9H7ClF3NO3/c10-6-3(9(11,12)13)1-2-4(14)5(6)7(15)8(16)17/h1-2,7,15H,14H2,(H,16,17). The van der Waals surface area contributed by atoms with Gasteiger partial charge in [-0.25, -0.2) is 4.79 Å². The number of carbonyl (C=O) groups is 1. The average Bonchev–Trinajstić information content (AvgIpc) is 2.14. The lowest BCUT2D eigenvalue weighted by Gasteiger charge is -2.16. The lowest BCUT2D eigenvalue weighted by Crippen LogP contribution is -2.16. The van der Waals surface area contributed by atoms with Crippen LogP contribution in [-0.4, -0.2) is 16.2 Å². The zero-order valence-electron chi connectivity index (χ0n) is 8.12. The van der Waals surface area contributed by atoms with E-state index in [1.807, 2.05) is 0 Å². The molecule has 0 amide bonds. The molecule has 17 heavy (non-hydrogen) atoms. The number of nitrogens with two attached hydrogens (primary N) is 1. The van der Waals surface area contributed by atoms with Crippen LogP contribution in [0.2, 0.25) is 5.02 Å². The van der Waals surface area contributed by atoms with Gasteiger partial charge in [-0.05, 0) is 12.1 Å². The predicted octanol–water partition coefficient (Wildman–Crippen LogP) is 2.06. The first-order valence-electron chi connectivity index (χ1n) is 4.22. The third-order valence-corrected chi connectivity index (χ3v) is 2.43. The van der Waals surface area contributed by atoms with E-state index in [1.54, 1.807) is 0 Å². The Bertz CT molecular complexity index is 462. The van der Waals surface area contributed by atoms with Crippen molar-refractivity contribution in [3.05, 3.63) is 28.3 Å². The third kappa shape index (κ3) is 2.62. The highest BCUT2D eigenvalue weighted by Crippen LogP contribution is 2.40. The van der Waals surface area contributed by atoms with E-state index in [2.05, 4.69) is 0 Å². The highest BCUT2D eigenvalue weighted by Gasteiger charge is 2.36. The Morgan fingerprint density at radius 3 is 2.35 bits per heavy atom. The molecule has 0 heterocycles. The summed E-state index contributed by atoms with van der Waals surface area (Å²) < 4.78 is 37.4. The van der Waals surface area contributed by atoms with Crippen LogP contribution in [-0.2, 0) is 11.0 Å². The lowest BCUT2D eigenvalue weighted by atomic mass is 10.0. The molecule has 4 nitrogen and oxygen atoms in total. The van der Waals surface area contributed by atoms with Crippen LogP contribution in [0.5, 0.6) is 0 Å². The van der Waals surface area contributed by atoms with Gasteiger partial charge in [0.25, 0.3) is 0 Å². The molecule has 0 saturated carbocycles. The summed E-state index contributed by atoms with van der Waals surface area (Å²) >= 11 is 5.41. The summed E-state index contributed by atoms with van der Waals surface area (Å²) in [5, 5.41) is 16.8. The van der Waals surface area contributed by atoms with Crippen LogP contribution in [0.1, 0.15) is 17.2 Å². The Hall–Kier alpha value is -1.47. The van der Waals surface area contributed by atoms with Gasteiger partial charge in [0, 0.05) is 11.3 Å². The molecule has 1 unspecified atom stereocenters. The second-order valence-corrected chi connectivity index (χ2v) is 3.55. The molecule has 1 rings (SSSR count). The molecule has 0 saturated heterocycles. The SMILES string of the molecule is Nc1ccc(C(F)(F)F)c(Cl)c1C(O)C(=O)O. The van der Waals surface area contributed by atoms with E-state index in [1.165, 1.54) is 0 Å². The number of hydrogen-bond donors (Lipinski definition) is 3. The quantitative estimate of drug-likeness (QED) is 0.718. The summed E-state index contributed by atoms with van der Waals surface area (Å²) in [5.41, 5.74) is 3.07. The van der Waals surface area contributed by atoms with Gasteiger partial charge in [0.1, 0.15) is 0 Å². The minimum absolute atomic E-state index is 0.321. The molecule has 0 aliphatic rings. The molecule has 1 atom stereocenters. The number of carboxylic acids is 1. The maximum absolute atomic E-state index is 12.5. The number of rotatable bonds is 2. The first-order valence-corrected chi connectivity index (χ1v) is 4.60. The molecule has 1 aromatic rings. The minimum atomic E-state index is -4.75. The van der Waals surface area contributed by atoms with Crippen LogP contribution >= 0.6 is 11.6 Å². The molecular formula is C9H7ClF3NO3. The fourth-order valence-electron chi connectivity index (χ4n) is 1.23. The molecular weight excluding hydrogens is 263 g/mol. The monoisotopic (exact) mass is 269 g/mol. The van der Waals surface area contributed by atoms with Crippen LogP contribution in [0.15, 0.2) is 12.1 Å². The van der Waals surface area contributed by atoms with Gasteiger partial charge in [-0.15, -0.1) is 0 Å². The van der Waals surface area contributed by atoms with Crippen molar-refractivity contribution in [2.75, 3.05) is 5.73 Å². The van der Waals surface area contributed by atoms with Gasteiger partial charge in [0.15, 0.2) is 6.10 Å². The minimum Gasteiger partial charge on any atom is -0.479 e. The van der Waals surface area contributed by atoms with Gasteiger partial charge < -0.3 is 15.9 Å². The molecule has 4 N–H and O–H groups in total. The van der Waals surface area contributed by atoms with Crippen molar-refractivity contribution in [1.29, 1.82) is 0 Å². The summed E-state index contributed by atoms with van der Waals surface area (Å²) in [5.74, 6) is -1.74. The molecule has 0 radical (unpaired) electrons. The van der Waals surface area contributed by atoms with Crippen molar-refractivity contribution < 1.29 is 28.2 Å². The first-order chi connectivity index (χ1) is 7.66. The van der Waals surface area contributed by atoms with Gasteiger partial charge in [0.05, 0.1) is 10.6 Å². The second kappa shape index (κ2) is 4.42. The number of anilines is 1. The normalized spacial score (nSPS) is 13.5. The van der Waals surface area contributed by atoms with E-state index in [0.29, 0.717) is 6.07 Å². The number of aliphatic hydroxyl groups excluding tert-OH is 1. The van der Waals surface area contributed by atoms with E-state index in [0.717, 1.165) is 6.07 Å². The van der Waals surface area contributed by atoms with Gasteiger partial charge in [-0.1, -0.05) is 11.6 Å². The zero-order chi connectivity index (χ0) is 13.4. The number of nitrogen functional groups attached to an aromatic ring is 1. The van der Waals surface area contributed by atoms with Crippen LogP contribution in [0.4, 0.5) is 18.9 Å². The largest absolute Gasteiger partial charge is 0.479 e. The van der Waals surface area contributed by atoms with E-state index < -0.39 is 34.4 Å².